The fourth-order valence-corrected chi connectivity index (χ4v) is 5.31. The van der Waals surface area contributed by atoms with Crippen LogP contribution in [0.4, 0.5) is 22.5 Å². The Labute approximate surface area is 195 Å². The number of aryl methyl sites for hydroxylation is 1. The molecule has 0 spiro atoms. The maximum absolute atomic E-state index is 12.0. The van der Waals surface area contributed by atoms with E-state index in [1.165, 1.54) is 23.2 Å². The number of anilines is 3. The van der Waals surface area contributed by atoms with Gasteiger partial charge in [-0.15, -0.1) is 0 Å². The number of nitrogens with one attached hydrogen (secondary N) is 1. The Morgan fingerprint density at radius 2 is 1.94 bits per heavy atom. The molecule has 8 nitrogen and oxygen atoms in total. The van der Waals surface area contributed by atoms with Crippen LogP contribution in [0.15, 0.2) is 54.9 Å². The predicted octanol–water partition coefficient (Wildman–Crippen LogP) is 5.51. The second-order valence-electron chi connectivity index (χ2n) is 8.39. The van der Waals surface area contributed by atoms with Gasteiger partial charge in [0.1, 0.15) is 6.33 Å². The molecule has 2 aromatic carbocycles. The number of hydrogen-bond donors (Lipinski definition) is 1. The lowest BCUT2D eigenvalue weighted by Gasteiger charge is -2.32. The summed E-state index contributed by atoms with van der Waals surface area (Å²) in [6, 6.07) is 16.5. The minimum Gasteiger partial charge on any atom is -0.351 e. The van der Waals surface area contributed by atoms with Crippen LogP contribution in [-0.4, -0.2) is 33.0 Å². The topological polar surface area (TPSA) is 97.1 Å². The monoisotopic (exact) mass is 460 g/mol. The van der Waals surface area contributed by atoms with Crippen molar-refractivity contribution >= 4 is 44.0 Å². The van der Waals surface area contributed by atoms with Crippen molar-refractivity contribution in [2.75, 3.05) is 23.3 Å². The van der Waals surface area contributed by atoms with Crippen LogP contribution in [0.5, 0.6) is 0 Å². The third-order valence-corrected chi connectivity index (χ3v) is 6.97. The summed E-state index contributed by atoms with van der Waals surface area (Å²) in [6.07, 6.45) is 4.36. The van der Waals surface area contributed by atoms with Crippen LogP contribution in [0, 0.1) is 23.0 Å². The van der Waals surface area contributed by atoms with Gasteiger partial charge in [-0.3, -0.25) is 10.1 Å². The molecule has 4 aromatic rings. The Kier molecular flexibility index (Phi) is 5.87. The molecule has 0 radical (unpaired) electrons. The minimum atomic E-state index is -0.398. The molecule has 168 valence electrons. The van der Waals surface area contributed by atoms with E-state index < -0.39 is 4.92 Å². The zero-order valence-electron chi connectivity index (χ0n) is 18.3. The molecule has 0 aliphatic carbocycles. The zero-order valence-corrected chi connectivity index (χ0v) is 19.1. The molecule has 0 atom stereocenters. The van der Waals surface area contributed by atoms with Gasteiger partial charge in [-0.1, -0.05) is 47.7 Å². The molecule has 5 rings (SSSR count). The van der Waals surface area contributed by atoms with Crippen LogP contribution in [0.25, 0.3) is 10.2 Å². The van der Waals surface area contributed by atoms with Crippen molar-refractivity contribution in [1.29, 1.82) is 0 Å². The summed E-state index contributed by atoms with van der Waals surface area (Å²) in [5.74, 6) is 1.10. The van der Waals surface area contributed by atoms with E-state index in [1.807, 2.05) is 30.0 Å². The number of aromatic nitrogens is 3. The van der Waals surface area contributed by atoms with Gasteiger partial charge in [0.25, 0.3) is 0 Å². The van der Waals surface area contributed by atoms with Gasteiger partial charge < -0.3 is 10.2 Å². The fraction of sp³-hybridized carbons (Fsp3) is 0.292. The molecule has 1 saturated heterocycles. The van der Waals surface area contributed by atoms with Crippen molar-refractivity contribution < 1.29 is 4.92 Å². The van der Waals surface area contributed by atoms with E-state index in [9.17, 15) is 10.1 Å². The van der Waals surface area contributed by atoms with Crippen LogP contribution < -0.4 is 10.2 Å². The molecule has 0 saturated carbocycles. The molecule has 0 amide bonds. The van der Waals surface area contributed by atoms with E-state index >= 15 is 0 Å². The van der Waals surface area contributed by atoms with Crippen molar-refractivity contribution in [1.82, 2.24) is 15.0 Å². The van der Waals surface area contributed by atoms with E-state index in [0.717, 1.165) is 48.1 Å². The summed E-state index contributed by atoms with van der Waals surface area (Å²) in [4.78, 5) is 26.7. The molecule has 1 fully saturated rings. The number of rotatable bonds is 6. The largest absolute Gasteiger partial charge is 0.353 e. The van der Waals surface area contributed by atoms with Crippen LogP contribution in [0.2, 0.25) is 0 Å². The first-order valence-electron chi connectivity index (χ1n) is 11.0. The molecule has 2 aromatic heterocycles. The Hall–Kier alpha value is -3.59. The number of benzene rings is 2. The van der Waals surface area contributed by atoms with Gasteiger partial charge in [-0.2, -0.15) is 0 Å². The Balaban J connectivity index is 1.35. The van der Waals surface area contributed by atoms with Crippen LogP contribution in [0.3, 0.4) is 0 Å². The van der Waals surface area contributed by atoms with Gasteiger partial charge in [-0.05, 0) is 55.4 Å². The van der Waals surface area contributed by atoms with Gasteiger partial charge in [0.2, 0.25) is 11.6 Å². The summed E-state index contributed by atoms with van der Waals surface area (Å²) in [5.41, 5.74) is 3.23. The second kappa shape index (κ2) is 9.11. The van der Waals surface area contributed by atoms with Gasteiger partial charge in [0.05, 0.1) is 15.1 Å². The van der Waals surface area contributed by atoms with E-state index in [2.05, 4.69) is 50.6 Å². The van der Waals surface area contributed by atoms with Crippen LogP contribution >= 0.6 is 11.3 Å². The molecule has 1 aliphatic heterocycles. The van der Waals surface area contributed by atoms with E-state index in [1.54, 1.807) is 0 Å². The quantitative estimate of drug-likeness (QED) is 0.299. The smallest absolute Gasteiger partial charge is 0.351 e. The first kappa shape index (κ1) is 21.3. The fourth-order valence-electron chi connectivity index (χ4n) is 4.34. The average molecular weight is 461 g/mol. The lowest BCUT2D eigenvalue weighted by molar-refractivity contribution is -0.383. The highest BCUT2D eigenvalue weighted by molar-refractivity contribution is 7.22. The molecule has 9 heteroatoms. The third-order valence-electron chi connectivity index (χ3n) is 6.04. The lowest BCUT2D eigenvalue weighted by Crippen LogP contribution is -2.35. The molecule has 0 bridgehead atoms. The third kappa shape index (κ3) is 4.63. The van der Waals surface area contributed by atoms with Crippen molar-refractivity contribution in [2.24, 2.45) is 5.92 Å². The van der Waals surface area contributed by atoms with E-state index in [-0.39, 0.29) is 11.5 Å². The van der Waals surface area contributed by atoms with Crippen molar-refractivity contribution in [3.63, 3.8) is 0 Å². The number of hydrogen-bond acceptors (Lipinski definition) is 8. The Morgan fingerprint density at radius 1 is 1.15 bits per heavy atom. The normalized spacial score (nSPS) is 14.5. The van der Waals surface area contributed by atoms with Gasteiger partial charge in [-0.25, -0.2) is 15.0 Å². The molecule has 0 unspecified atom stereocenters. The molecule has 1 aliphatic rings. The van der Waals surface area contributed by atoms with Gasteiger partial charge >= 0.3 is 5.69 Å². The predicted molar refractivity (Wildman–Crippen MR) is 131 cm³/mol. The Morgan fingerprint density at radius 3 is 2.70 bits per heavy atom. The van der Waals surface area contributed by atoms with Crippen LogP contribution in [-0.2, 0) is 6.42 Å². The summed E-state index contributed by atoms with van der Waals surface area (Å²) < 4.78 is 1.02. The van der Waals surface area contributed by atoms with Gasteiger partial charge in [0.15, 0.2) is 5.13 Å². The molecule has 1 N–H and O–H groups in total. The van der Waals surface area contributed by atoms with E-state index in [4.69, 9.17) is 0 Å². The summed E-state index contributed by atoms with van der Waals surface area (Å²) in [7, 11) is 0. The first-order valence-corrected chi connectivity index (χ1v) is 11.8. The maximum Gasteiger partial charge on any atom is 0.353 e. The van der Waals surface area contributed by atoms with Crippen molar-refractivity contribution in [2.45, 2.75) is 26.2 Å². The highest BCUT2D eigenvalue weighted by atomic mass is 32.1. The SMILES string of the molecule is Cc1ccc2nc(Nc3ncnc(N4CCC(Cc5ccccc5)CC4)c3[N+](=O)[O-])sc2c1. The molecular weight excluding hydrogens is 436 g/mol. The number of fused-ring (bicyclic) bond motifs is 1. The van der Waals surface area contributed by atoms with Crippen molar-refractivity contribution in [3.8, 4) is 0 Å². The van der Waals surface area contributed by atoms with Crippen LogP contribution in [0.1, 0.15) is 24.0 Å². The summed E-state index contributed by atoms with van der Waals surface area (Å²) in [5, 5.41) is 15.7. The highest BCUT2D eigenvalue weighted by Gasteiger charge is 2.30. The highest BCUT2D eigenvalue weighted by Crippen LogP contribution is 2.37. The number of nitrogens with zero attached hydrogens (tertiary/aromatic N) is 5. The summed E-state index contributed by atoms with van der Waals surface area (Å²) in [6.45, 7) is 3.49. The maximum atomic E-state index is 12.0. The second-order valence-corrected chi connectivity index (χ2v) is 9.42. The number of nitro groups is 1. The lowest BCUT2D eigenvalue weighted by atomic mass is 9.90. The number of thiazole rings is 1. The summed E-state index contributed by atoms with van der Waals surface area (Å²) >= 11 is 1.45. The van der Waals surface area contributed by atoms with Crippen molar-refractivity contribution in [3.05, 3.63) is 76.1 Å². The minimum absolute atomic E-state index is 0.102. The Bertz CT molecular complexity index is 1280. The zero-order chi connectivity index (χ0) is 22.8. The first-order chi connectivity index (χ1) is 16.1. The molecular formula is C24H24N6O2S. The molecule has 33 heavy (non-hydrogen) atoms. The van der Waals surface area contributed by atoms with E-state index in [0.29, 0.717) is 16.9 Å². The standard InChI is InChI=1S/C24H24N6O2S/c1-16-7-8-19-20(13-16)33-24(27-19)28-22-21(30(31)32)23(26-15-25-22)29-11-9-18(10-12-29)14-17-5-3-2-4-6-17/h2-8,13,15,18H,9-12,14H2,1H3,(H,25,26,27,28). The average Bonchev–Trinajstić information content (AvgIpc) is 3.21. The molecule has 3 heterocycles. The van der Waals surface area contributed by atoms with Gasteiger partial charge in [0, 0.05) is 13.1 Å². The number of piperidine rings is 1.